The lowest BCUT2D eigenvalue weighted by Gasteiger charge is -2.52. The standard InChI is InChI=1S/C22H24N4O3/c1-15-24-20(29-26-15)22-8-5-21(6-9-22,7-10-22)14-23-17-4-2-3-16(11-17)19-25-18(12-27)13-28-19/h2-4,11-13,23H,5-10,14H2,1H3. The van der Waals surface area contributed by atoms with Crippen molar-refractivity contribution in [3.63, 3.8) is 0 Å². The van der Waals surface area contributed by atoms with Crippen LogP contribution in [0, 0.1) is 12.3 Å². The van der Waals surface area contributed by atoms with Gasteiger partial charge in [-0.25, -0.2) is 4.98 Å². The number of carbonyl (C=O) groups is 1. The lowest BCUT2D eigenvalue weighted by molar-refractivity contribution is 0.0322. The molecule has 3 aromatic rings. The van der Waals surface area contributed by atoms with Gasteiger partial charge in [-0.15, -0.1) is 0 Å². The molecule has 0 saturated heterocycles. The summed E-state index contributed by atoms with van der Waals surface area (Å²) in [5.74, 6) is 2.03. The Kier molecular flexibility index (Phi) is 4.26. The molecule has 150 valence electrons. The average molecular weight is 392 g/mol. The van der Waals surface area contributed by atoms with E-state index in [4.69, 9.17) is 8.94 Å². The van der Waals surface area contributed by atoms with Crippen LogP contribution in [0.2, 0.25) is 0 Å². The van der Waals surface area contributed by atoms with E-state index in [0.717, 1.165) is 48.8 Å². The molecule has 3 saturated carbocycles. The summed E-state index contributed by atoms with van der Waals surface area (Å²) in [6.07, 6.45) is 8.92. The smallest absolute Gasteiger partial charge is 0.232 e. The number of anilines is 1. The quantitative estimate of drug-likeness (QED) is 0.615. The van der Waals surface area contributed by atoms with E-state index < -0.39 is 0 Å². The van der Waals surface area contributed by atoms with Gasteiger partial charge in [0.15, 0.2) is 12.1 Å². The molecule has 3 fully saturated rings. The largest absolute Gasteiger partial charge is 0.444 e. The number of fused-ring (bicyclic) bond motifs is 3. The highest BCUT2D eigenvalue weighted by Gasteiger charge is 2.51. The number of benzene rings is 1. The number of rotatable bonds is 6. The van der Waals surface area contributed by atoms with E-state index >= 15 is 0 Å². The molecule has 0 radical (unpaired) electrons. The zero-order valence-electron chi connectivity index (χ0n) is 16.5. The van der Waals surface area contributed by atoms with Gasteiger partial charge in [0.25, 0.3) is 0 Å². The van der Waals surface area contributed by atoms with Crippen LogP contribution >= 0.6 is 0 Å². The monoisotopic (exact) mass is 392 g/mol. The SMILES string of the molecule is Cc1noc(C23CCC(CNc4cccc(-c5nc(C=O)co5)c4)(CC2)CC3)n1. The van der Waals surface area contributed by atoms with Gasteiger partial charge in [0.1, 0.15) is 12.0 Å². The van der Waals surface area contributed by atoms with E-state index in [1.807, 2.05) is 25.1 Å². The van der Waals surface area contributed by atoms with Gasteiger partial charge in [0, 0.05) is 23.2 Å². The molecule has 29 heavy (non-hydrogen) atoms. The van der Waals surface area contributed by atoms with Gasteiger partial charge < -0.3 is 14.3 Å². The third-order valence-corrected chi connectivity index (χ3v) is 6.80. The zero-order chi connectivity index (χ0) is 19.9. The van der Waals surface area contributed by atoms with Crippen molar-refractivity contribution in [3.05, 3.63) is 47.9 Å². The van der Waals surface area contributed by atoms with Crippen LogP contribution in [-0.4, -0.2) is 28.0 Å². The fraction of sp³-hybridized carbons (Fsp3) is 0.455. The molecule has 2 bridgehead atoms. The molecule has 6 rings (SSSR count). The summed E-state index contributed by atoms with van der Waals surface area (Å²) in [6.45, 7) is 2.83. The molecule has 1 aromatic carbocycles. The van der Waals surface area contributed by atoms with E-state index in [9.17, 15) is 4.79 Å². The second-order valence-corrected chi connectivity index (χ2v) is 8.56. The van der Waals surface area contributed by atoms with Crippen LogP contribution in [0.25, 0.3) is 11.5 Å². The maximum absolute atomic E-state index is 10.8. The van der Waals surface area contributed by atoms with E-state index in [1.165, 1.54) is 25.5 Å². The summed E-state index contributed by atoms with van der Waals surface area (Å²) in [7, 11) is 0. The molecular formula is C22H24N4O3. The zero-order valence-corrected chi connectivity index (χ0v) is 16.5. The van der Waals surface area contributed by atoms with Crippen molar-refractivity contribution in [1.82, 2.24) is 15.1 Å². The van der Waals surface area contributed by atoms with Crippen LogP contribution in [0.4, 0.5) is 5.69 Å². The third kappa shape index (κ3) is 3.24. The molecule has 2 aromatic heterocycles. The van der Waals surface area contributed by atoms with E-state index in [1.54, 1.807) is 0 Å². The average Bonchev–Trinajstić information content (AvgIpc) is 3.43. The molecule has 0 unspecified atom stereocenters. The van der Waals surface area contributed by atoms with Gasteiger partial charge >= 0.3 is 0 Å². The van der Waals surface area contributed by atoms with Crippen LogP contribution in [0.3, 0.4) is 0 Å². The number of hydrogen-bond acceptors (Lipinski definition) is 7. The minimum atomic E-state index is 0.0875. The Morgan fingerprint density at radius 1 is 1.14 bits per heavy atom. The van der Waals surface area contributed by atoms with Crippen molar-refractivity contribution in [2.45, 2.75) is 50.9 Å². The highest BCUT2D eigenvalue weighted by Crippen LogP contribution is 2.57. The number of nitrogens with zero attached hydrogens (tertiary/aromatic N) is 3. The number of oxazole rings is 1. The first kappa shape index (κ1) is 18.1. The number of aldehydes is 1. The fourth-order valence-electron chi connectivity index (χ4n) is 4.89. The number of nitrogens with one attached hydrogen (secondary N) is 1. The predicted molar refractivity (Wildman–Crippen MR) is 107 cm³/mol. The van der Waals surface area contributed by atoms with Crippen LogP contribution in [0.5, 0.6) is 0 Å². The molecule has 7 heteroatoms. The Morgan fingerprint density at radius 2 is 1.93 bits per heavy atom. The normalized spacial score (nSPS) is 25.8. The molecule has 0 spiro atoms. The summed E-state index contributed by atoms with van der Waals surface area (Å²) < 4.78 is 10.9. The molecule has 7 nitrogen and oxygen atoms in total. The van der Waals surface area contributed by atoms with Gasteiger partial charge in [-0.2, -0.15) is 4.98 Å². The van der Waals surface area contributed by atoms with Gasteiger partial charge in [-0.3, -0.25) is 4.79 Å². The third-order valence-electron chi connectivity index (χ3n) is 6.80. The van der Waals surface area contributed by atoms with Crippen molar-refractivity contribution in [2.24, 2.45) is 5.41 Å². The lowest BCUT2D eigenvalue weighted by atomic mass is 9.53. The van der Waals surface area contributed by atoms with Crippen molar-refractivity contribution in [3.8, 4) is 11.5 Å². The predicted octanol–water partition coefficient (Wildman–Crippen LogP) is 4.55. The van der Waals surface area contributed by atoms with Crippen molar-refractivity contribution >= 4 is 12.0 Å². The molecule has 3 aliphatic carbocycles. The number of hydrogen-bond donors (Lipinski definition) is 1. The van der Waals surface area contributed by atoms with Crippen LogP contribution in [0.1, 0.15) is 60.7 Å². The summed E-state index contributed by atoms with van der Waals surface area (Å²) >= 11 is 0. The first-order valence-corrected chi connectivity index (χ1v) is 10.2. The maximum atomic E-state index is 10.8. The van der Waals surface area contributed by atoms with Crippen LogP contribution < -0.4 is 5.32 Å². The van der Waals surface area contributed by atoms with Crippen molar-refractivity contribution < 1.29 is 13.7 Å². The summed E-state index contributed by atoms with van der Waals surface area (Å²) in [5.41, 5.74) is 2.61. The summed E-state index contributed by atoms with van der Waals surface area (Å²) in [5, 5.41) is 7.63. The fourth-order valence-corrected chi connectivity index (χ4v) is 4.89. The Labute approximate surface area is 168 Å². The highest BCUT2D eigenvalue weighted by atomic mass is 16.5. The van der Waals surface area contributed by atoms with Gasteiger partial charge in [-0.1, -0.05) is 11.2 Å². The van der Waals surface area contributed by atoms with Gasteiger partial charge in [-0.05, 0) is 69.1 Å². The minimum absolute atomic E-state index is 0.0875. The summed E-state index contributed by atoms with van der Waals surface area (Å²) in [6, 6.07) is 7.99. The first-order chi connectivity index (χ1) is 14.1. The Bertz CT molecular complexity index is 1010. The van der Waals surface area contributed by atoms with E-state index in [-0.39, 0.29) is 5.41 Å². The number of aryl methyl sites for hydroxylation is 1. The van der Waals surface area contributed by atoms with Gasteiger partial charge in [0.2, 0.25) is 11.8 Å². The molecule has 3 aliphatic rings. The van der Waals surface area contributed by atoms with Crippen LogP contribution in [0.15, 0.2) is 39.5 Å². The Hall–Kier alpha value is -2.96. The van der Waals surface area contributed by atoms with Crippen molar-refractivity contribution in [1.29, 1.82) is 0 Å². The van der Waals surface area contributed by atoms with Gasteiger partial charge in [0.05, 0.1) is 0 Å². The maximum Gasteiger partial charge on any atom is 0.232 e. The molecule has 2 heterocycles. The topological polar surface area (TPSA) is 94.1 Å². The Morgan fingerprint density at radius 3 is 2.59 bits per heavy atom. The van der Waals surface area contributed by atoms with Crippen molar-refractivity contribution in [2.75, 3.05) is 11.9 Å². The molecule has 0 atom stereocenters. The van der Waals surface area contributed by atoms with Crippen LogP contribution in [-0.2, 0) is 5.41 Å². The molecular weight excluding hydrogens is 368 g/mol. The number of carbonyl (C=O) groups excluding carboxylic acids is 1. The molecule has 0 aliphatic heterocycles. The number of aromatic nitrogens is 3. The molecule has 1 N–H and O–H groups in total. The highest BCUT2D eigenvalue weighted by molar-refractivity contribution is 5.73. The van der Waals surface area contributed by atoms with E-state index in [2.05, 4.69) is 26.5 Å². The Balaban J connectivity index is 1.26. The summed E-state index contributed by atoms with van der Waals surface area (Å²) in [4.78, 5) is 19.6. The van der Waals surface area contributed by atoms with E-state index in [0.29, 0.717) is 23.3 Å². The molecule has 0 amide bonds. The first-order valence-electron chi connectivity index (χ1n) is 10.2. The second-order valence-electron chi connectivity index (χ2n) is 8.56. The second kappa shape index (κ2) is 6.83. The minimum Gasteiger partial charge on any atom is -0.444 e. The lowest BCUT2D eigenvalue weighted by Crippen LogP contribution is -2.47.